The van der Waals surface area contributed by atoms with E-state index in [9.17, 15) is 9.59 Å². The smallest absolute Gasteiger partial charge is 0.264 e. The van der Waals surface area contributed by atoms with E-state index in [1.54, 1.807) is 6.08 Å². The van der Waals surface area contributed by atoms with Crippen LogP contribution in [0.3, 0.4) is 0 Å². The van der Waals surface area contributed by atoms with Gasteiger partial charge >= 0.3 is 0 Å². The van der Waals surface area contributed by atoms with Crippen molar-refractivity contribution < 1.29 is 9.59 Å². The Kier molecular flexibility index (Phi) is 4.00. The van der Waals surface area contributed by atoms with Gasteiger partial charge in [-0.3, -0.25) is 9.59 Å². The van der Waals surface area contributed by atoms with Gasteiger partial charge in [-0.05, 0) is 18.6 Å². The Bertz CT molecular complexity index is 342. The number of carbonyl (C=O) groups is 2. The lowest BCUT2D eigenvalue weighted by atomic mass is 9.98. The van der Waals surface area contributed by atoms with Gasteiger partial charge in [-0.15, -0.1) is 0 Å². The predicted molar refractivity (Wildman–Crippen MR) is 57.2 cm³/mol. The molecule has 0 aromatic carbocycles. The summed E-state index contributed by atoms with van der Waals surface area (Å²) in [4.78, 5) is 21.5. The van der Waals surface area contributed by atoms with Gasteiger partial charge < -0.3 is 0 Å². The maximum absolute atomic E-state index is 11.4. The largest absolute Gasteiger partial charge is 0.299 e. The zero-order valence-electron chi connectivity index (χ0n) is 8.59. The molecule has 1 unspecified atom stereocenters. The molecule has 0 saturated heterocycles. The predicted octanol–water partition coefficient (Wildman–Crippen LogP) is 0.924. The van der Waals surface area contributed by atoms with Crippen LogP contribution in [0.15, 0.2) is 36.1 Å². The fourth-order valence-electron chi connectivity index (χ4n) is 1.38. The summed E-state index contributed by atoms with van der Waals surface area (Å²) in [5.41, 5.74) is 0.762. The van der Waals surface area contributed by atoms with Crippen molar-refractivity contribution in [1.29, 1.82) is 0 Å². The topological polar surface area (TPSA) is 63.4 Å². The second kappa shape index (κ2) is 5.26. The van der Waals surface area contributed by atoms with Gasteiger partial charge in [0.1, 0.15) is 6.29 Å². The van der Waals surface area contributed by atoms with Crippen molar-refractivity contribution in [1.82, 2.24) is 5.01 Å². The lowest BCUT2D eigenvalue weighted by Gasteiger charge is -2.24. The summed E-state index contributed by atoms with van der Waals surface area (Å²) < 4.78 is 0. The summed E-state index contributed by atoms with van der Waals surface area (Å²) in [5, 5.41) is 1.08. The standard InChI is InChI=1S/C11H14N2O2/c1-9-5-2-3-6-10(9)13(12)11(15)7-4-8-14/h2-4,6-9H,5,12H2,1H3/b7-4-. The zero-order chi connectivity index (χ0) is 11.3. The minimum Gasteiger partial charge on any atom is -0.299 e. The number of hydrogen-bond donors (Lipinski definition) is 1. The number of carbonyl (C=O) groups excluding carboxylic acids is 2. The summed E-state index contributed by atoms with van der Waals surface area (Å²) in [6, 6.07) is 0. The Labute approximate surface area is 88.7 Å². The van der Waals surface area contributed by atoms with E-state index in [4.69, 9.17) is 5.84 Å². The van der Waals surface area contributed by atoms with Gasteiger partial charge in [0, 0.05) is 17.7 Å². The van der Waals surface area contributed by atoms with Crippen LogP contribution in [0.2, 0.25) is 0 Å². The third kappa shape index (κ3) is 2.89. The van der Waals surface area contributed by atoms with Gasteiger partial charge in [0.25, 0.3) is 5.91 Å². The summed E-state index contributed by atoms with van der Waals surface area (Å²) >= 11 is 0. The highest BCUT2D eigenvalue weighted by molar-refractivity contribution is 5.91. The van der Waals surface area contributed by atoms with Crippen molar-refractivity contribution in [3.8, 4) is 0 Å². The minimum atomic E-state index is -0.393. The van der Waals surface area contributed by atoms with Crippen molar-refractivity contribution in [3.05, 3.63) is 36.1 Å². The molecule has 0 aromatic rings. The first-order chi connectivity index (χ1) is 7.16. The minimum absolute atomic E-state index is 0.216. The zero-order valence-corrected chi connectivity index (χ0v) is 8.59. The van der Waals surface area contributed by atoms with Gasteiger partial charge in [-0.1, -0.05) is 19.1 Å². The molecule has 2 N–H and O–H groups in total. The molecule has 0 spiro atoms. The molecule has 0 aliphatic heterocycles. The van der Waals surface area contributed by atoms with Crippen LogP contribution >= 0.6 is 0 Å². The molecule has 1 atom stereocenters. The van der Waals surface area contributed by atoms with Crippen molar-refractivity contribution in [2.75, 3.05) is 0 Å². The lowest BCUT2D eigenvalue weighted by molar-refractivity contribution is -0.125. The normalized spacial score (nSPS) is 20.1. The van der Waals surface area contributed by atoms with Crippen molar-refractivity contribution in [2.45, 2.75) is 13.3 Å². The maximum atomic E-state index is 11.4. The highest BCUT2D eigenvalue weighted by atomic mass is 16.2. The van der Waals surface area contributed by atoms with Crippen LogP contribution in [0, 0.1) is 5.92 Å². The first-order valence-corrected chi connectivity index (χ1v) is 4.74. The first-order valence-electron chi connectivity index (χ1n) is 4.74. The van der Waals surface area contributed by atoms with Crippen LogP contribution < -0.4 is 5.84 Å². The van der Waals surface area contributed by atoms with Gasteiger partial charge in [0.2, 0.25) is 0 Å². The van der Waals surface area contributed by atoms with E-state index in [0.29, 0.717) is 6.29 Å². The number of hydrazine groups is 1. The van der Waals surface area contributed by atoms with Gasteiger partial charge in [-0.2, -0.15) is 0 Å². The SMILES string of the molecule is CC1CC=CC=C1N(N)C(=O)/C=C\C=O. The van der Waals surface area contributed by atoms with Crippen LogP contribution in [0.5, 0.6) is 0 Å². The molecule has 15 heavy (non-hydrogen) atoms. The molecule has 0 fully saturated rings. The Morgan fingerprint density at radius 2 is 2.40 bits per heavy atom. The van der Waals surface area contributed by atoms with E-state index >= 15 is 0 Å². The van der Waals surface area contributed by atoms with Crippen molar-refractivity contribution in [2.24, 2.45) is 11.8 Å². The number of nitrogens with zero attached hydrogens (tertiary/aromatic N) is 1. The molecule has 1 amide bonds. The van der Waals surface area contributed by atoms with Crippen LogP contribution in [-0.2, 0) is 9.59 Å². The highest BCUT2D eigenvalue weighted by Crippen LogP contribution is 2.21. The first kappa shape index (κ1) is 11.4. The van der Waals surface area contributed by atoms with E-state index < -0.39 is 5.91 Å². The molecule has 0 radical (unpaired) electrons. The number of nitrogens with two attached hydrogens (primary N) is 1. The molecule has 4 heteroatoms. The number of aldehydes is 1. The number of allylic oxidation sites excluding steroid dienone is 5. The maximum Gasteiger partial charge on any atom is 0.264 e. The van der Waals surface area contributed by atoms with Crippen LogP contribution in [0.4, 0.5) is 0 Å². The molecule has 1 aliphatic rings. The third-order valence-electron chi connectivity index (χ3n) is 2.23. The van der Waals surface area contributed by atoms with Crippen LogP contribution in [-0.4, -0.2) is 17.2 Å². The Hall–Kier alpha value is -1.68. The second-order valence-corrected chi connectivity index (χ2v) is 3.36. The van der Waals surface area contributed by atoms with E-state index in [0.717, 1.165) is 29.3 Å². The molecule has 1 aliphatic carbocycles. The Morgan fingerprint density at radius 3 is 3.00 bits per heavy atom. The molecular formula is C11H14N2O2. The fraction of sp³-hybridized carbons (Fsp3) is 0.273. The average molecular weight is 206 g/mol. The van der Waals surface area contributed by atoms with Gasteiger partial charge in [0.15, 0.2) is 0 Å². The molecule has 1 rings (SSSR count). The summed E-state index contributed by atoms with van der Waals surface area (Å²) in [7, 11) is 0. The fourth-order valence-corrected chi connectivity index (χ4v) is 1.38. The summed E-state index contributed by atoms with van der Waals surface area (Å²) in [5.74, 6) is 5.46. The Balaban J connectivity index is 2.74. The monoisotopic (exact) mass is 206 g/mol. The summed E-state index contributed by atoms with van der Waals surface area (Å²) in [6.07, 6.45) is 9.39. The highest BCUT2D eigenvalue weighted by Gasteiger charge is 2.18. The van der Waals surface area contributed by atoms with Gasteiger partial charge in [-0.25, -0.2) is 10.9 Å². The lowest BCUT2D eigenvalue weighted by Crippen LogP contribution is -2.38. The van der Waals surface area contributed by atoms with Crippen LogP contribution in [0.1, 0.15) is 13.3 Å². The number of hydrogen-bond acceptors (Lipinski definition) is 3. The molecule has 0 bridgehead atoms. The van der Waals surface area contributed by atoms with Crippen LogP contribution in [0.25, 0.3) is 0 Å². The number of rotatable bonds is 3. The molecule has 0 saturated carbocycles. The van der Waals surface area contributed by atoms with Crippen molar-refractivity contribution in [3.63, 3.8) is 0 Å². The van der Waals surface area contributed by atoms with E-state index in [-0.39, 0.29) is 5.92 Å². The average Bonchev–Trinajstić information content (AvgIpc) is 2.25. The van der Waals surface area contributed by atoms with Gasteiger partial charge in [0.05, 0.1) is 0 Å². The molecule has 0 heterocycles. The van der Waals surface area contributed by atoms with Crippen molar-refractivity contribution >= 4 is 12.2 Å². The molecule has 0 aromatic heterocycles. The molecule has 4 nitrogen and oxygen atoms in total. The van der Waals surface area contributed by atoms with E-state index in [1.165, 1.54) is 0 Å². The summed E-state index contributed by atoms with van der Waals surface area (Å²) in [6.45, 7) is 1.99. The number of amides is 1. The Morgan fingerprint density at radius 1 is 1.67 bits per heavy atom. The molecular weight excluding hydrogens is 192 g/mol. The molecule has 80 valence electrons. The van der Waals surface area contributed by atoms with E-state index in [2.05, 4.69) is 0 Å². The third-order valence-corrected chi connectivity index (χ3v) is 2.23. The van der Waals surface area contributed by atoms with E-state index in [1.807, 2.05) is 19.1 Å². The quantitative estimate of drug-likeness (QED) is 0.245. The second-order valence-electron chi connectivity index (χ2n) is 3.36.